The molecule has 0 aliphatic heterocycles. The van der Waals surface area contributed by atoms with Crippen LogP contribution in [-0.4, -0.2) is 23.3 Å². The predicted molar refractivity (Wildman–Crippen MR) is 126 cm³/mol. The Balaban J connectivity index is 1.64. The summed E-state index contributed by atoms with van der Waals surface area (Å²) in [6.45, 7) is 12.3. The van der Waals surface area contributed by atoms with Crippen molar-refractivity contribution in [1.82, 2.24) is 9.99 Å². The Morgan fingerprint density at radius 1 is 1.03 bits per heavy atom. The summed E-state index contributed by atoms with van der Waals surface area (Å²) in [6, 6.07) is 16.5. The van der Waals surface area contributed by atoms with Crippen LogP contribution in [0.5, 0.6) is 5.75 Å². The first kappa shape index (κ1) is 22.3. The number of benzene rings is 2. The van der Waals surface area contributed by atoms with Gasteiger partial charge in [-0.3, -0.25) is 4.79 Å². The fraction of sp³-hybridized carbons (Fsp3) is 0.308. The summed E-state index contributed by atoms with van der Waals surface area (Å²) in [5, 5.41) is 4.13. The first-order valence-electron chi connectivity index (χ1n) is 10.6. The van der Waals surface area contributed by atoms with Gasteiger partial charge in [-0.2, -0.15) is 5.10 Å². The van der Waals surface area contributed by atoms with Crippen LogP contribution in [-0.2, 0) is 4.79 Å². The average molecular weight is 418 g/mol. The fourth-order valence-electron chi connectivity index (χ4n) is 3.60. The zero-order valence-electron chi connectivity index (χ0n) is 19.2. The van der Waals surface area contributed by atoms with Crippen molar-refractivity contribution < 1.29 is 9.53 Å². The molecule has 1 amide bonds. The van der Waals surface area contributed by atoms with E-state index in [0.717, 1.165) is 39.5 Å². The van der Waals surface area contributed by atoms with Crippen molar-refractivity contribution in [3.63, 3.8) is 0 Å². The van der Waals surface area contributed by atoms with Crippen LogP contribution in [0, 0.1) is 27.7 Å². The summed E-state index contributed by atoms with van der Waals surface area (Å²) in [5.41, 5.74) is 10.2. The topological polar surface area (TPSA) is 55.6 Å². The van der Waals surface area contributed by atoms with E-state index in [0.29, 0.717) is 5.92 Å². The van der Waals surface area contributed by atoms with Crippen LogP contribution < -0.4 is 10.2 Å². The standard InChI is InChI=1S/C26H31N3O2/c1-17(2)24-12-9-19(4)13-25(24)31-16-26(30)28-27-15-22-14-20(5)29(21(22)6)23-10-7-18(3)8-11-23/h7-15,17H,16H2,1-6H3,(H,28,30). The lowest BCUT2D eigenvalue weighted by Gasteiger charge is -2.14. The summed E-state index contributed by atoms with van der Waals surface area (Å²) in [7, 11) is 0. The van der Waals surface area contributed by atoms with Crippen molar-refractivity contribution in [3.8, 4) is 11.4 Å². The fourth-order valence-corrected chi connectivity index (χ4v) is 3.60. The number of hydrogen-bond acceptors (Lipinski definition) is 3. The zero-order valence-corrected chi connectivity index (χ0v) is 19.2. The van der Waals surface area contributed by atoms with Crippen molar-refractivity contribution in [2.45, 2.75) is 47.5 Å². The van der Waals surface area contributed by atoms with Crippen LogP contribution >= 0.6 is 0 Å². The first-order valence-corrected chi connectivity index (χ1v) is 10.6. The third-order valence-corrected chi connectivity index (χ3v) is 5.31. The minimum Gasteiger partial charge on any atom is -0.483 e. The molecule has 162 valence electrons. The minimum absolute atomic E-state index is 0.0805. The van der Waals surface area contributed by atoms with Crippen LogP contribution in [0.2, 0.25) is 0 Å². The Bertz CT molecular complexity index is 1090. The van der Waals surface area contributed by atoms with E-state index >= 15 is 0 Å². The Hall–Kier alpha value is -3.34. The largest absolute Gasteiger partial charge is 0.483 e. The van der Waals surface area contributed by atoms with E-state index in [2.05, 4.69) is 85.3 Å². The molecule has 5 nitrogen and oxygen atoms in total. The molecule has 0 fully saturated rings. The van der Waals surface area contributed by atoms with Gasteiger partial charge in [-0.1, -0.05) is 43.7 Å². The number of ether oxygens (including phenoxy) is 1. The van der Waals surface area contributed by atoms with Crippen molar-refractivity contribution in [3.05, 3.63) is 82.2 Å². The Kier molecular flexibility index (Phi) is 6.95. The van der Waals surface area contributed by atoms with Crippen molar-refractivity contribution in [2.75, 3.05) is 6.61 Å². The number of carbonyl (C=O) groups is 1. The molecule has 1 heterocycles. The third kappa shape index (κ3) is 5.43. The second-order valence-electron chi connectivity index (χ2n) is 8.28. The van der Waals surface area contributed by atoms with Gasteiger partial charge in [0.1, 0.15) is 5.75 Å². The Morgan fingerprint density at radius 2 is 1.71 bits per heavy atom. The highest BCUT2D eigenvalue weighted by Gasteiger charge is 2.11. The average Bonchev–Trinajstić information content (AvgIpc) is 3.00. The van der Waals surface area contributed by atoms with Crippen molar-refractivity contribution >= 4 is 12.1 Å². The summed E-state index contributed by atoms with van der Waals surface area (Å²) < 4.78 is 7.95. The quantitative estimate of drug-likeness (QED) is 0.415. The molecular formula is C26H31N3O2. The summed E-state index contributed by atoms with van der Waals surface area (Å²) >= 11 is 0. The summed E-state index contributed by atoms with van der Waals surface area (Å²) in [5.74, 6) is 0.774. The highest BCUT2D eigenvalue weighted by atomic mass is 16.5. The van der Waals surface area contributed by atoms with E-state index in [1.54, 1.807) is 6.21 Å². The van der Waals surface area contributed by atoms with E-state index in [-0.39, 0.29) is 12.5 Å². The molecule has 0 atom stereocenters. The smallest absolute Gasteiger partial charge is 0.277 e. The van der Waals surface area contributed by atoms with E-state index in [9.17, 15) is 4.79 Å². The third-order valence-electron chi connectivity index (χ3n) is 5.31. The minimum atomic E-state index is -0.292. The van der Waals surface area contributed by atoms with Gasteiger partial charge in [0.2, 0.25) is 0 Å². The molecule has 0 aliphatic carbocycles. The molecular weight excluding hydrogens is 386 g/mol. The van der Waals surface area contributed by atoms with E-state index in [1.807, 2.05) is 19.9 Å². The second-order valence-corrected chi connectivity index (χ2v) is 8.28. The first-order chi connectivity index (χ1) is 14.8. The van der Waals surface area contributed by atoms with Crippen LogP contribution in [0.4, 0.5) is 0 Å². The van der Waals surface area contributed by atoms with Gasteiger partial charge < -0.3 is 9.30 Å². The number of rotatable bonds is 7. The van der Waals surface area contributed by atoms with Crippen LogP contribution in [0.25, 0.3) is 5.69 Å². The second kappa shape index (κ2) is 9.65. The maximum absolute atomic E-state index is 12.2. The van der Waals surface area contributed by atoms with E-state index < -0.39 is 0 Å². The Morgan fingerprint density at radius 3 is 2.39 bits per heavy atom. The molecule has 5 heteroatoms. The molecule has 0 bridgehead atoms. The van der Waals surface area contributed by atoms with Gasteiger partial charge in [0.15, 0.2) is 6.61 Å². The number of nitrogens with zero attached hydrogens (tertiary/aromatic N) is 2. The number of aryl methyl sites for hydroxylation is 3. The van der Waals surface area contributed by atoms with E-state index in [4.69, 9.17) is 4.74 Å². The van der Waals surface area contributed by atoms with Gasteiger partial charge in [-0.15, -0.1) is 0 Å². The number of hydrazone groups is 1. The number of hydrogen-bond donors (Lipinski definition) is 1. The lowest BCUT2D eigenvalue weighted by Crippen LogP contribution is -2.25. The zero-order chi connectivity index (χ0) is 22.5. The molecule has 0 spiro atoms. The molecule has 0 radical (unpaired) electrons. The molecule has 3 rings (SSSR count). The summed E-state index contributed by atoms with van der Waals surface area (Å²) in [6.07, 6.45) is 1.68. The van der Waals surface area contributed by atoms with Crippen molar-refractivity contribution in [1.29, 1.82) is 0 Å². The normalized spacial score (nSPS) is 11.3. The maximum atomic E-state index is 12.2. The lowest BCUT2D eigenvalue weighted by atomic mass is 10.0. The van der Waals surface area contributed by atoms with E-state index in [1.165, 1.54) is 5.56 Å². The van der Waals surface area contributed by atoms with Gasteiger partial charge in [-0.25, -0.2) is 5.43 Å². The van der Waals surface area contributed by atoms with Gasteiger partial charge in [0, 0.05) is 22.6 Å². The molecule has 0 aliphatic rings. The number of amides is 1. The summed E-state index contributed by atoms with van der Waals surface area (Å²) in [4.78, 5) is 12.2. The molecule has 31 heavy (non-hydrogen) atoms. The van der Waals surface area contributed by atoms with Crippen LogP contribution in [0.15, 0.2) is 53.6 Å². The molecule has 0 saturated heterocycles. The molecule has 2 aromatic carbocycles. The molecule has 1 N–H and O–H groups in total. The van der Waals surface area contributed by atoms with Gasteiger partial charge in [0.25, 0.3) is 5.91 Å². The lowest BCUT2D eigenvalue weighted by molar-refractivity contribution is -0.123. The Labute approximate surface area is 184 Å². The van der Waals surface area contributed by atoms with Gasteiger partial charge in [-0.05, 0) is 69.0 Å². The number of nitrogens with one attached hydrogen (secondary N) is 1. The van der Waals surface area contributed by atoms with Crippen LogP contribution in [0.1, 0.15) is 53.4 Å². The molecule has 0 saturated carbocycles. The maximum Gasteiger partial charge on any atom is 0.277 e. The van der Waals surface area contributed by atoms with Gasteiger partial charge >= 0.3 is 0 Å². The van der Waals surface area contributed by atoms with Gasteiger partial charge in [0.05, 0.1) is 6.21 Å². The number of aromatic nitrogens is 1. The monoisotopic (exact) mass is 417 g/mol. The van der Waals surface area contributed by atoms with Crippen molar-refractivity contribution in [2.24, 2.45) is 5.10 Å². The number of carbonyl (C=O) groups excluding carboxylic acids is 1. The molecule has 1 aromatic heterocycles. The highest BCUT2D eigenvalue weighted by Crippen LogP contribution is 2.27. The molecule has 0 unspecified atom stereocenters. The SMILES string of the molecule is Cc1ccc(-n2c(C)cc(C=NNC(=O)COc3cc(C)ccc3C(C)C)c2C)cc1. The van der Waals surface area contributed by atoms with Crippen LogP contribution in [0.3, 0.4) is 0 Å². The predicted octanol–water partition coefficient (Wildman–Crippen LogP) is 5.36. The molecule has 3 aromatic rings. The highest BCUT2D eigenvalue weighted by molar-refractivity contribution is 5.84.